The van der Waals surface area contributed by atoms with Gasteiger partial charge in [-0.25, -0.2) is 0 Å². The molecule has 0 radical (unpaired) electrons. The van der Waals surface area contributed by atoms with Crippen LogP contribution in [-0.4, -0.2) is 13.9 Å². The maximum Gasteiger partial charge on any atom is 0.534 e. The number of allylic oxidation sites excluding steroid dienone is 1. The van der Waals surface area contributed by atoms with Crippen LogP contribution in [0.1, 0.15) is 43.1 Å². The van der Waals surface area contributed by atoms with Crippen LogP contribution in [0.15, 0.2) is 84.1 Å². The van der Waals surface area contributed by atoms with Crippen molar-refractivity contribution in [3.05, 3.63) is 95.3 Å². The van der Waals surface area contributed by atoms with Gasteiger partial charge in [-0.1, -0.05) is 66.7 Å². The summed E-state index contributed by atoms with van der Waals surface area (Å²) >= 11 is 0. The Hall–Kier alpha value is -2.84. The zero-order valence-electron chi connectivity index (χ0n) is 17.2. The maximum atomic E-state index is 12.9. The Kier molecular flexibility index (Phi) is 6.01. The van der Waals surface area contributed by atoms with E-state index in [-0.39, 0.29) is 11.9 Å². The molecule has 0 amide bonds. The van der Waals surface area contributed by atoms with E-state index in [9.17, 15) is 21.6 Å². The van der Waals surface area contributed by atoms with Crippen molar-refractivity contribution in [2.45, 2.75) is 37.5 Å². The number of halogens is 3. The van der Waals surface area contributed by atoms with Gasteiger partial charge in [-0.3, -0.25) is 0 Å². The van der Waals surface area contributed by atoms with Gasteiger partial charge in [0.25, 0.3) is 0 Å². The standard InChI is InChI=1S/C24H21F3O4S/c1-16(31-32(28,29)24(25,26)27)21-13-14-22(18-8-3-2-4-9-18)30-23(21)20-12-11-17-7-5-6-10-19(17)15-20/h2-12,15,22-23H,13-14H2,1H3/t22-,23-/m0/s1. The monoisotopic (exact) mass is 462 g/mol. The van der Waals surface area contributed by atoms with Crippen LogP contribution in [0.2, 0.25) is 0 Å². The lowest BCUT2D eigenvalue weighted by Crippen LogP contribution is -2.26. The largest absolute Gasteiger partial charge is 0.534 e. The molecule has 0 aromatic heterocycles. The summed E-state index contributed by atoms with van der Waals surface area (Å²) in [6.45, 7) is 1.23. The lowest BCUT2D eigenvalue weighted by atomic mass is 9.89. The summed E-state index contributed by atoms with van der Waals surface area (Å²) in [4.78, 5) is 0. The fourth-order valence-corrected chi connectivity index (χ4v) is 4.45. The number of benzene rings is 3. The van der Waals surface area contributed by atoms with E-state index < -0.39 is 21.7 Å². The van der Waals surface area contributed by atoms with Gasteiger partial charge in [-0.05, 0) is 47.7 Å². The van der Waals surface area contributed by atoms with Crippen molar-refractivity contribution in [1.82, 2.24) is 0 Å². The molecular weight excluding hydrogens is 441 g/mol. The molecule has 3 aromatic carbocycles. The molecule has 0 spiro atoms. The van der Waals surface area contributed by atoms with E-state index in [4.69, 9.17) is 4.74 Å². The van der Waals surface area contributed by atoms with Crippen LogP contribution >= 0.6 is 0 Å². The predicted molar refractivity (Wildman–Crippen MR) is 115 cm³/mol. The quantitative estimate of drug-likeness (QED) is 0.250. The van der Waals surface area contributed by atoms with Gasteiger partial charge in [0.15, 0.2) is 0 Å². The molecule has 1 heterocycles. The molecule has 168 valence electrons. The third-order valence-electron chi connectivity index (χ3n) is 5.51. The number of fused-ring (bicyclic) bond motifs is 1. The first-order valence-electron chi connectivity index (χ1n) is 10.1. The first-order valence-corrected chi connectivity index (χ1v) is 11.5. The smallest absolute Gasteiger partial charge is 0.381 e. The fraction of sp³-hybridized carbons (Fsp3) is 0.250. The third kappa shape index (κ3) is 4.52. The topological polar surface area (TPSA) is 52.6 Å². The van der Waals surface area contributed by atoms with Crippen LogP contribution in [0.5, 0.6) is 0 Å². The van der Waals surface area contributed by atoms with Gasteiger partial charge in [0.05, 0.1) is 6.10 Å². The summed E-state index contributed by atoms with van der Waals surface area (Å²) in [7, 11) is -5.77. The number of rotatable bonds is 4. The van der Waals surface area contributed by atoms with E-state index in [0.717, 1.165) is 16.3 Å². The molecule has 8 heteroatoms. The molecule has 1 aliphatic rings. The van der Waals surface area contributed by atoms with E-state index in [1.807, 2.05) is 72.8 Å². The van der Waals surface area contributed by atoms with Gasteiger partial charge in [0, 0.05) is 5.57 Å². The second kappa shape index (κ2) is 8.60. The van der Waals surface area contributed by atoms with Crippen molar-refractivity contribution >= 4 is 20.9 Å². The Morgan fingerprint density at radius 2 is 1.59 bits per heavy atom. The molecule has 4 nitrogen and oxygen atoms in total. The minimum Gasteiger partial charge on any atom is -0.381 e. The van der Waals surface area contributed by atoms with Gasteiger partial charge < -0.3 is 8.92 Å². The molecule has 0 bridgehead atoms. The number of ether oxygens (including phenoxy) is 1. The Bertz CT molecular complexity index is 1250. The Morgan fingerprint density at radius 1 is 0.938 bits per heavy atom. The third-order valence-corrected chi connectivity index (χ3v) is 6.55. The summed E-state index contributed by atoms with van der Waals surface area (Å²) in [5.41, 5.74) is -3.47. The van der Waals surface area contributed by atoms with Crippen molar-refractivity contribution < 1.29 is 30.5 Å². The summed E-state index contributed by atoms with van der Waals surface area (Å²) in [5.74, 6) is -0.313. The number of hydrogen-bond donors (Lipinski definition) is 0. The highest BCUT2D eigenvalue weighted by Crippen LogP contribution is 2.44. The van der Waals surface area contributed by atoms with E-state index in [1.54, 1.807) is 0 Å². The molecular formula is C24H21F3O4S. The molecule has 0 N–H and O–H groups in total. The summed E-state index contributed by atoms with van der Waals surface area (Å²) in [6.07, 6.45) is -0.225. The molecule has 4 rings (SSSR count). The van der Waals surface area contributed by atoms with Gasteiger partial charge in [-0.2, -0.15) is 21.6 Å². The zero-order chi connectivity index (χ0) is 22.9. The van der Waals surface area contributed by atoms with Crippen molar-refractivity contribution in [3.8, 4) is 0 Å². The average molecular weight is 462 g/mol. The van der Waals surface area contributed by atoms with Crippen LogP contribution < -0.4 is 0 Å². The summed E-state index contributed by atoms with van der Waals surface area (Å²) in [5, 5.41) is 1.95. The predicted octanol–water partition coefficient (Wildman–Crippen LogP) is 6.57. The average Bonchev–Trinajstić information content (AvgIpc) is 2.78. The highest BCUT2D eigenvalue weighted by molar-refractivity contribution is 7.87. The van der Waals surface area contributed by atoms with Gasteiger partial charge in [-0.15, -0.1) is 0 Å². The normalized spacial score (nSPS) is 21.4. The molecule has 1 aliphatic heterocycles. The van der Waals surface area contributed by atoms with Gasteiger partial charge in [0.2, 0.25) is 0 Å². The lowest BCUT2D eigenvalue weighted by molar-refractivity contribution is -0.0530. The summed E-state index contributed by atoms with van der Waals surface area (Å²) < 4.78 is 72.6. The Balaban J connectivity index is 1.76. The van der Waals surface area contributed by atoms with Crippen molar-refractivity contribution in [2.24, 2.45) is 0 Å². The van der Waals surface area contributed by atoms with Crippen LogP contribution in [-0.2, 0) is 19.0 Å². The molecule has 1 saturated heterocycles. The minimum absolute atomic E-state index is 0.288. The number of alkyl halides is 3. The minimum atomic E-state index is -5.77. The molecule has 0 aliphatic carbocycles. The first kappa shape index (κ1) is 22.4. The Morgan fingerprint density at radius 3 is 2.28 bits per heavy atom. The SMILES string of the molecule is CC(OS(=O)(=O)C(F)(F)F)=C1CC[C@@H](c2ccccc2)O[C@H]1c1ccc2ccccc2c1. The number of hydrogen-bond acceptors (Lipinski definition) is 4. The van der Waals surface area contributed by atoms with E-state index >= 15 is 0 Å². The second-order valence-corrected chi connectivity index (χ2v) is 9.16. The molecule has 1 fully saturated rings. The lowest BCUT2D eigenvalue weighted by Gasteiger charge is -2.34. The van der Waals surface area contributed by atoms with Crippen LogP contribution in [0, 0.1) is 0 Å². The Labute approximate surface area is 184 Å². The summed E-state index contributed by atoms with van der Waals surface area (Å²) in [6, 6.07) is 22.8. The second-order valence-electron chi connectivity index (χ2n) is 7.63. The molecule has 32 heavy (non-hydrogen) atoms. The van der Waals surface area contributed by atoms with E-state index in [0.29, 0.717) is 24.0 Å². The van der Waals surface area contributed by atoms with Crippen molar-refractivity contribution in [1.29, 1.82) is 0 Å². The van der Waals surface area contributed by atoms with Gasteiger partial charge in [0.1, 0.15) is 11.9 Å². The maximum absolute atomic E-state index is 12.9. The van der Waals surface area contributed by atoms with Crippen LogP contribution in [0.25, 0.3) is 10.8 Å². The molecule has 0 saturated carbocycles. The van der Waals surface area contributed by atoms with Crippen LogP contribution in [0.3, 0.4) is 0 Å². The highest BCUT2D eigenvalue weighted by Gasteiger charge is 2.49. The van der Waals surface area contributed by atoms with E-state index in [1.165, 1.54) is 6.92 Å². The van der Waals surface area contributed by atoms with Crippen molar-refractivity contribution in [3.63, 3.8) is 0 Å². The molecule has 3 aromatic rings. The molecule has 2 atom stereocenters. The van der Waals surface area contributed by atoms with E-state index in [2.05, 4.69) is 4.18 Å². The van der Waals surface area contributed by atoms with Crippen molar-refractivity contribution in [2.75, 3.05) is 0 Å². The molecule has 0 unspecified atom stereocenters. The fourth-order valence-electron chi connectivity index (χ4n) is 3.92. The zero-order valence-corrected chi connectivity index (χ0v) is 18.0. The van der Waals surface area contributed by atoms with Crippen LogP contribution in [0.4, 0.5) is 13.2 Å². The van der Waals surface area contributed by atoms with Gasteiger partial charge >= 0.3 is 15.6 Å². The highest BCUT2D eigenvalue weighted by atomic mass is 32.2. The first-order chi connectivity index (χ1) is 15.2.